The van der Waals surface area contributed by atoms with E-state index in [2.05, 4.69) is 17.3 Å². The van der Waals surface area contributed by atoms with Gasteiger partial charge in [0.05, 0.1) is 0 Å². The van der Waals surface area contributed by atoms with Gasteiger partial charge in [-0.1, -0.05) is 13.8 Å². The molecule has 2 amide bonds. The van der Waals surface area contributed by atoms with Crippen LogP contribution in [0.3, 0.4) is 0 Å². The summed E-state index contributed by atoms with van der Waals surface area (Å²) in [6.45, 7) is 5.58. The van der Waals surface area contributed by atoms with Crippen molar-refractivity contribution < 1.29 is 14.7 Å². The number of rotatable bonds is 6. The minimum absolute atomic E-state index is 0.225. The molecule has 116 valence electrons. The number of likely N-dealkylation sites (N-methyl/N-ethyl adjacent to an activating group) is 2. The minimum atomic E-state index is -0.974. The summed E-state index contributed by atoms with van der Waals surface area (Å²) in [7, 11) is 3.78. The first kappa shape index (κ1) is 16.8. The van der Waals surface area contributed by atoms with E-state index in [1.165, 1.54) is 0 Å². The Morgan fingerprint density at radius 1 is 1.45 bits per heavy atom. The summed E-state index contributed by atoms with van der Waals surface area (Å²) < 4.78 is 0. The first-order valence-corrected chi connectivity index (χ1v) is 7.26. The van der Waals surface area contributed by atoms with Crippen LogP contribution in [0.2, 0.25) is 0 Å². The Balaban J connectivity index is 2.48. The van der Waals surface area contributed by atoms with Crippen molar-refractivity contribution >= 4 is 12.0 Å². The summed E-state index contributed by atoms with van der Waals surface area (Å²) in [6, 6.07) is -0.747. The number of carboxylic acid groups (broad SMARTS) is 1. The fraction of sp³-hybridized carbons (Fsp3) is 0.857. The monoisotopic (exact) mass is 285 g/mol. The average Bonchev–Trinajstić information content (AvgIpc) is 2.73. The maximum atomic E-state index is 12.1. The highest BCUT2D eigenvalue weighted by Gasteiger charge is 2.26. The number of carboxylic acids is 1. The third-order valence-corrected chi connectivity index (χ3v) is 3.81. The number of likely N-dealkylation sites (tertiary alicyclic amines) is 1. The summed E-state index contributed by atoms with van der Waals surface area (Å²) in [5, 5.41) is 11.7. The van der Waals surface area contributed by atoms with Crippen molar-refractivity contribution in [2.75, 3.05) is 27.2 Å². The Kier molecular flexibility index (Phi) is 6.26. The van der Waals surface area contributed by atoms with Gasteiger partial charge in [0, 0.05) is 19.6 Å². The Hall–Kier alpha value is -1.30. The molecule has 0 saturated carbocycles. The summed E-state index contributed by atoms with van der Waals surface area (Å²) in [5.74, 6) is -0.749. The molecule has 0 bridgehead atoms. The first-order valence-electron chi connectivity index (χ1n) is 7.26. The highest BCUT2D eigenvalue weighted by molar-refractivity contribution is 5.82. The standard InChI is InChI=1S/C14H27N3O3/c1-10(2)8-12(13(18)19)15-14(20)17(4)9-11-6-5-7-16(11)3/h10-12H,5-9H2,1-4H3,(H,15,20)(H,18,19). The molecule has 1 saturated heterocycles. The van der Waals surface area contributed by atoms with E-state index in [1.54, 1.807) is 11.9 Å². The number of carbonyl (C=O) groups excluding carboxylic acids is 1. The van der Waals surface area contributed by atoms with Gasteiger partial charge in [0.25, 0.3) is 0 Å². The lowest BCUT2D eigenvalue weighted by Gasteiger charge is -2.27. The Morgan fingerprint density at radius 2 is 2.10 bits per heavy atom. The van der Waals surface area contributed by atoms with Crippen molar-refractivity contribution in [3.63, 3.8) is 0 Å². The highest BCUT2D eigenvalue weighted by atomic mass is 16.4. The van der Waals surface area contributed by atoms with Crippen LogP contribution in [0.15, 0.2) is 0 Å². The summed E-state index contributed by atoms with van der Waals surface area (Å²) in [5.41, 5.74) is 0. The highest BCUT2D eigenvalue weighted by Crippen LogP contribution is 2.15. The Morgan fingerprint density at radius 3 is 2.55 bits per heavy atom. The molecule has 6 nitrogen and oxygen atoms in total. The Labute approximate surface area is 121 Å². The van der Waals surface area contributed by atoms with Crippen LogP contribution in [0.25, 0.3) is 0 Å². The van der Waals surface area contributed by atoms with Gasteiger partial charge in [0.1, 0.15) is 6.04 Å². The number of aliphatic carboxylic acids is 1. The zero-order chi connectivity index (χ0) is 15.3. The molecule has 1 heterocycles. The maximum absolute atomic E-state index is 12.1. The van der Waals surface area contributed by atoms with Gasteiger partial charge in [-0.05, 0) is 38.8 Å². The molecule has 6 heteroatoms. The van der Waals surface area contributed by atoms with Crippen LogP contribution in [-0.2, 0) is 4.79 Å². The van der Waals surface area contributed by atoms with E-state index in [-0.39, 0.29) is 11.9 Å². The molecule has 0 aromatic rings. The minimum Gasteiger partial charge on any atom is -0.480 e. The topological polar surface area (TPSA) is 72.9 Å². The summed E-state index contributed by atoms with van der Waals surface area (Å²) in [4.78, 5) is 27.0. The van der Waals surface area contributed by atoms with Gasteiger partial charge in [0.15, 0.2) is 0 Å². The predicted molar refractivity (Wildman–Crippen MR) is 77.7 cm³/mol. The van der Waals surface area contributed by atoms with Gasteiger partial charge >= 0.3 is 12.0 Å². The fourth-order valence-corrected chi connectivity index (χ4v) is 2.56. The third-order valence-electron chi connectivity index (χ3n) is 3.81. The van der Waals surface area contributed by atoms with E-state index in [9.17, 15) is 9.59 Å². The van der Waals surface area contributed by atoms with Gasteiger partial charge in [-0.2, -0.15) is 0 Å². The number of nitrogens with zero attached hydrogens (tertiary/aromatic N) is 2. The molecule has 20 heavy (non-hydrogen) atoms. The van der Waals surface area contributed by atoms with E-state index in [4.69, 9.17) is 5.11 Å². The van der Waals surface area contributed by atoms with E-state index < -0.39 is 12.0 Å². The molecule has 0 spiro atoms. The molecule has 0 aliphatic carbocycles. The zero-order valence-electron chi connectivity index (χ0n) is 12.9. The summed E-state index contributed by atoms with van der Waals surface area (Å²) >= 11 is 0. The van der Waals surface area contributed by atoms with E-state index in [1.807, 2.05) is 13.8 Å². The lowest BCUT2D eigenvalue weighted by Crippen LogP contribution is -2.49. The molecule has 2 atom stereocenters. The second-order valence-corrected chi connectivity index (χ2v) is 6.13. The number of hydrogen-bond acceptors (Lipinski definition) is 3. The number of urea groups is 1. The van der Waals surface area contributed by atoms with Crippen molar-refractivity contribution in [1.29, 1.82) is 0 Å². The molecule has 1 aliphatic rings. The van der Waals surface area contributed by atoms with Crippen LogP contribution in [0.4, 0.5) is 4.79 Å². The first-order chi connectivity index (χ1) is 9.31. The maximum Gasteiger partial charge on any atom is 0.326 e. The molecule has 1 aliphatic heterocycles. The quantitative estimate of drug-likeness (QED) is 0.769. The van der Waals surface area contributed by atoms with Gasteiger partial charge in [-0.3, -0.25) is 0 Å². The number of hydrogen-bond donors (Lipinski definition) is 2. The van der Waals surface area contributed by atoms with Crippen molar-refractivity contribution in [2.45, 2.75) is 45.2 Å². The van der Waals surface area contributed by atoms with Gasteiger partial charge < -0.3 is 20.2 Å². The van der Waals surface area contributed by atoms with Crippen molar-refractivity contribution in [1.82, 2.24) is 15.1 Å². The molecule has 1 fully saturated rings. The molecule has 2 unspecified atom stereocenters. The number of carbonyl (C=O) groups is 2. The van der Waals surface area contributed by atoms with Gasteiger partial charge in [-0.15, -0.1) is 0 Å². The van der Waals surface area contributed by atoms with Gasteiger partial charge in [-0.25, -0.2) is 9.59 Å². The van der Waals surface area contributed by atoms with E-state index in [0.717, 1.165) is 19.4 Å². The van der Waals surface area contributed by atoms with Crippen molar-refractivity contribution in [2.24, 2.45) is 5.92 Å². The number of nitrogens with one attached hydrogen (secondary N) is 1. The van der Waals surface area contributed by atoms with Gasteiger partial charge in [0.2, 0.25) is 0 Å². The summed E-state index contributed by atoms with van der Waals surface area (Å²) in [6.07, 6.45) is 2.68. The third kappa shape index (κ3) is 5.00. The molecular formula is C14H27N3O3. The lowest BCUT2D eigenvalue weighted by atomic mass is 10.0. The smallest absolute Gasteiger partial charge is 0.326 e. The predicted octanol–water partition coefficient (Wildman–Crippen LogP) is 1.22. The second-order valence-electron chi connectivity index (χ2n) is 6.13. The molecule has 2 N–H and O–H groups in total. The van der Waals surface area contributed by atoms with E-state index >= 15 is 0 Å². The molecular weight excluding hydrogens is 258 g/mol. The largest absolute Gasteiger partial charge is 0.480 e. The lowest BCUT2D eigenvalue weighted by molar-refractivity contribution is -0.139. The molecule has 0 aromatic heterocycles. The van der Waals surface area contributed by atoms with Crippen LogP contribution in [0.1, 0.15) is 33.1 Å². The van der Waals surface area contributed by atoms with Crippen LogP contribution >= 0.6 is 0 Å². The average molecular weight is 285 g/mol. The van der Waals surface area contributed by atoms with Crippen LogP contribution in [-0.4, -0.2) is 66.2 Å². The second kappa shape index (κ2) is 7.47. The number of amides is 2. The fourth-order valence-electron chi connectivity index (χ4n) is 2.56. The Bertz CT molecular complexity index is 347. The normalized spacial score (nSPS) is 20.9. The zero-order valence-corrected chi connectivity index (χ0v) is 12.9. The van der Waals surface area contributed by atoms with E-state index in [0.29, 0.717) is 19.0 Å². The van der Waals surface area contributed by atoms with Crippen molar-refractivity contribution in [3.8, 4) is 0 Å². The van der Waals surface area contributed by atoms with Crippen molar-refractivity contribution in [3.05, 3.63) is 0 Å². The molecule has 1 rings (SSSR count). The molecule has 0 aromatic carbocycles. The van der Waals surface area contributed by atoms with Crippen LogP contribution in [0, 0.1) is 5.92 Å². The van der Waals surface area contributed by atoms with Crippen LogP contribution in [0.5, 0.6) is 0 Å². The van der Waals surface area contributed by atoms with Crippen LogP contribution < -0.4 is 5.32 Å². The SMILES string of the molecule is CC(C)CC(NC(=O)N(C)CC1CCCN1C)C(=O)O. The molecule has 0 radical (unpaired) electrons.